The first-order valence-corrected chi connectivity index (χ1v) is 3.97. The van der Waals surface area contributed by atoms with E-state index in [2.05, 4.69) is 0 Å². The van der Waals surface area contributed by atoms with E-state index in [-0.39, 0.29) is 6.42 Å². The van der Waals surface area contributed by atoms with E-state index in [0.29, 0.717) is 0 Å². The maximum atomic E-state index is 12.5. The molecule has 1 rings (SSSR count). The zero-order valence-electron chi connectivity index (χ0n) is 5.66. The Hall–Kier alpha value is -0.900. The number of carboxylic acid groups (broad SMARTS) is 1. The molecule has 0 saturated carbocycles. The number of hydrogen-bond acceptors (Lipinski definition) is 2. The number of halogens is 1. The highest BCUT2D eigenvalue weighted by molar-refractivity contribution is 7.09. The molecule has 0 spiro atoms. The zero-order valence-corrected chi connectivity index (χ0v) is 6.47. The minimum absolute atomic E-state index is 0.0208. The molecule has 60 valence electrons. The average molecular weight is 174 g/mol. The minimum atomic E-state index is -1.77. The van der Waals surface area contributed by atoms with Gasteiger partial charge >= 0.3 is 5.97 Å². The van der Waals surface area contributed by atoms with Crippen LogP contribution in [0.25, 0.3) is 0 Å². The Morgan fingerprint density at radius 3 is 3.00 bits per heavy atom. The maximum absolute atomic E-state index is 12.5. The zero-order chi connectivity index (χ0) is 8.27. The summed E-state index contributed by atoms with van der Waals surface area (Å²) in [6, 6.07) is 3.49. The maximum Gasteiger partial charge on any atom is 0.338 e. The van der Waals surface area contributed by atoms with Gasteiger partial charge in [-0.3, -0.25) is 0 Å². The predicted octanol–water partition coefficient (Wildman–Crippen LogP) is 1.71. The van der Waals surface area contributed by atoms with Crippen molar-refractivity contribution >= 4 is 17.3 Å². The Balaban J connectivity index is 2.50. The van der Waals surface area contributed by atoms with Crippen LogP contribution in [0.1, 0.15) is 4.88 Å². The van der Waals surface area contributed by atoms with Gasteiger partial charge in [-0.05, 0) is 11.4 Å². The van der Waals surface area contributed by atoms with Crippen LogP contribution in [-0.2, 0) is 11.2 Å². The average Bonchev–Trinajstić information content (AvgIpc) is 2.39. The standard InChI is InChI=1S/C7H7FO2S/c8-6(7(9)10)4-5-2-1-3-11-5/h1-3,6H,4H2,(H,9,10). The Labute approximate surface area is 67.3 Å². The Morgan fingerprint density at radius 2 is 2.55 bits per heavy atom. The summed E-state index contributed by atoms with van der Waals surface area (Å²) < 4.78 is 12.5. The van der Waals surface area contributed by atoms with Crippen molar-refractivity contribution in [3.63, 3.8) is 0 Å². The summed E-state index contributed by atoms with van der Waals surface area (Å²) in [6.45, 7) is 0. The lowest BCUT2D eigenvalue weighted by Gasteiger charge is -1.98. The molecule has 0 radical (unpaired) electrons. The van der Waals surface area contributed by atoms with Crippen LogP contribution in [0.2, 0.25) is 0 Å². The normalized spacial score (nSPS) is 12.8. The van der Waals surface area contributed by atoms with Gasteiger partial charge in [0.15, 0.2) is 0 Å². The van der Waals surface area contributed by atoms with Crippen molar-refractivity contribution < 1.29 is 14.3 Å². The monoisotopic (exact) mass is 174 g/mol. The van der Waals surface area contributed by atoms with E-state index in [4.69, 9.17) is 5.11 Å². The Morgan fingerprint density at radius 1 is 1.82 bits per heavy atom. The molecule has 0 fully saturated rings. The Bertz CT molecular complexity index is 233. The van der Waals surface area contributed by atoms with Crippen LogP contribution in [0.3, 0.4) is 0 Å². The molecule has 0 amide bonds. The molecule has 1 atom stereocenters. The van der Waals surface area contributed by atoms with Crippen molar-refractivity contribution in [1.82, 2.24) is 0 Å². The molecule has 0 bridgehead atoms. The quantitative estimate of drug-likeness (QED) is 0.757. The first-order chi connectivity index (χ1) is 5.20. The molecule has 0 aromatic carbocycles. The molecule has 1 heterocycles. The van der Waals surface area contributed by atoms with Gasteiger partial charge in [0.25, 0.3) is 0 Å². The second kappa shape index (κ2) is 3.48. The van der Waals surface area contributed by atoms with Gasteiger partial charge in [-0.25, -0.2) is 9.18 Å². The molecule has 0 aliphatic carbocycles. The van der Waals surface area contributed by atoms with Gasteiger partial charge in [0.05, 0.1) is 0 Å². The van der Waals surface area contributed by atoms with E-state index in [1.165, 1.54) is 11.3 Å². The van der Waals surface area contributed by atoms with Crippen LogP contribution in [-0.4, -0.2) is 17.2 Å². The third-order valence-corrected chi connectivity index (χ3v) is 2.13. The number of alkyl halides is 1. The molecule has 1 unspecified atom stereocenters. The lowest BCUT2D eigenvalue weighted by atomic mass is 10.2. The van der Waals surface area contributed by atoms with Crippen molar-refractivity contribution in [2.24, 2.45) is 0 Å². The van der Waals surface area contributed by atoms with Gasteiger partial charge in [0, 0.05) is 11.3 Å². The number of hydrogen-bond donors (Lipinski definition) is 1. The number of thiophene rings is 1. The second-order valence-electron chi connectivity index (χ2n) is 2.09. The van der Waals surface area contributed by atoms with E-state index >= 15 is 0 Å². The van der Waals surface area contributed by atoms with Crippen LogP contribution in [0.4, 0.5) is 4.39 Å². The molecular weight excluding hydrogens is 167 g/mol. The second-order valence-corrected chi connectivity index (χ2v) is 3.12. The molecule has 2 nitrogen and oxygen atoms in total. The van der Waals surface area contributed by atoms with Gasteiger partial charge in [-0.2, -0.15) is 0 Å². The molecule has 1 N–H and O–H groups in total. The summed E-state index contributed by atoms with van der Waals surface area (Å²) >= 11 is 1.37. The highest BCUT2D eigenvalue weighted by Crippen LogP contribution is 2.12. The van der Waals surface area contributed by atoms with Gasteiger partial charge in [-0.15, -0.1) is 11.3 Å². The van der Waals surface area contributed by atoms with Crippen molar-refractivity contribution in [3.8, 4) is 0 Å². The van der Waals surface area contributed by atoms with Crippen molar-refractivity contribution in [2.75, 3.05) is 0 Å². The van der Waals surface area contributed by atoms with Gasteiger partial charge in [0.1, 0.15) is 0 Å². The smallest absolute Gasteiger partial charge is 0.338 e. The van der Waals surface area contributed by atoms with E-state index in [0.717, 1.165) is 4.88 Å². The van der Waals surface area contributed by atoms with Gasteiger partial charge in [-0.1, -0.05) is 6.07 Å². The minimum Gasteiger partial charge on any atom is -0.479 e. The fourth-order valence-corrected chi connectivity index (χ4v) is 1.42. The van der Waals surface area contributed by atoms with Crippen LogP contribution < -0.4 is 0 Å². The van der Waals surface area contributed by atoms with Gasteiger partial charge in [0.2, 0.25) is 6.17 Å². The van der Waals surface area contributed by atoms with Crippen molar-refractivity contribution in [2.45, 2.75) is 12.6 Å². The Kier molecular flexibility index (Phi) is 2.59. The summed E-state index contributed by atoms with van der Waals surface area (Å²) in [4.78, 5) is 10.8. The van der Waals surface area contributed by atoms with Crippen LogP contribution in [0.5, 0.6) is 0 Å². The fraction of sp³-hybridized carbons (Fsp3) is 0.286. The predicted molar refractivity (Wildman–Crippen MR) is 40.6 cm³/mol. The molecule has 0 aliphatic rings. The van der Waals surface area contributed by atoms with Crippen molar-refractivity contribution in [1.29, 1.82) is 0 Å². The fourth-order valence-electron chi connectivity index (χ4n) is 0.693. The molecule has 0 aliphatic heterocycles. The summed E-state index contributed by atoms with van der Waals surface area (Å²) in [7, 11) is 0. The molecular formula is C7H7FO2S. The third kappa shape index (κ3) is 2.31. The summed E-state index contributed by atoms with van der Waals surface area (Å²) in [5, 5.41) is 10.0. The molecule has 1 aromatic rings. The molecule has 0 saturated heterocycles. The van der Waals surface area contributed by atoms with E-state index in [9.17, 15) is 9.18 Å². The van der Waals surface area contributed by atoms with Crippen LogP contribution in [0, 0.1) is 0 Å². The summed E-state index contributed by atoms with van der Waals surface area (Å²) in [5.74, 6) is -1.39. The van der Waals surface area contributed by atoms with Crippen LogP contribution >= 0.6 is 11.3 Å². The lowest BCUT2D eigenvalue weighted by molar-refractivity contribution is -0.142. The lowest BCUT2D eigenvalue weighted by Crippen LogP contribution is -2.16. The largest absolute Gasteiger partial charge is 0.479 e. The highest BCUT2D eigenvalue weighted by atomic mass is 32.1. The van der Waals surface area contributed by atoms with Gasteiger partial charge < -0.3 is 5.11 Å². The summed E-state index contributed by atoms with van der Waals surface area (Å²) in [6.07, 6.45) is -1.79. The molecule has 1 aromatic heterocycles. The van der Waals surface area contributed by atoms with E-state index < -0.39 is 12.1 Å². The number of carbonyl (C=O) groups is 1. The summed E-state index contributed by atoms with van der Waals surface area (Å²) in [5.41, 5.74) is 0. The first-order valence-electron chi connectivity index (χ1n) is 3.09. The van der Waals surface area contributed by atoms with E-state index in [1.807, 2.05) is 0 Å². The van der Waals surface area contributed by atoms with Crippen molar-refractivity contribution in [3.05, 3.63) is 22.4 Å². The van der Waals surface area contributed by atoms with Crippen LogP contribution in [0.15, 0.2) is 17.5 Å². The third-order valence-electron chi connectivity index (χ3n) is 1.23. The topological polar surface area (TPSA) is 37.3 Å². The number of rotatable bonds is 3. The highest BCUT2D eigenvalue weighted by Gasteiger charge is 2.16. The molecule has 4 heteroatoms. The first kappa shape index (κ1) is 8.20. The molecule has 11 heavy (non-hydrogen) atoms. The van der Waals surface area contributed by atoms with E-state index in [1.54, 1.807) is 17.5 Å². The number of aliphatic carboxylic acids is 1. The number of carboxylic acids is 1. The SMILES string of the molecule is O=C(O)C(F)Cc1cccs1.